The highest BCUT2D eigenvalue weighted by atomic mass is 79.9. The molecule has 0 aliphatic carbocycles. The summed E-state index contributed by atoms with van der Waals surface area (Å²) in [4.78, 5) is 12.6. The first-order valence-corrected chi connectivity index (χ1v) is 8.49. The van der Waals surface area contributed by atoms with E-state index in [1.54, 1.807) is 43.3 Å². The summed E-state index contributed by atoms with van der Waals surface area (Å²) in [6.07, 6.45) is 0. The Labute approximate surface area is 146 Å². The van der Waals surface area contributed by atoms with Crippen LogP contribution in [-0.4, -0.2) is 17.7 Å². The van der Waals surface area contributed by atoms with E-state index >= 15 is 0 Å². The van der Waals surface area contributed by atoms with Gasteiger partial charge in [-0.25, -0.2) is 0 Å². The van der Waals surface area contributed by atoms with Crippen molar-refractivity contribution in [2.45, 2.75) is 23.6 Å². The van der Waals surface area contributed by atoms with Crippen LogP contribution in [-0.2, 0) is 4.79 Å². The molecule has 0 aliphatic rings. The predicted molar refractivity (Wildman–Crippen MR) is 94.2 cm³/mol. The Bertz CT molecular complexity index is 650. The molecule has 1 amide bonds. The van der Waals surface area contributed by atoms with E-state index in [1.807, 2.05) is 12.1 Å². The summed E-state index contributed by atoms with van der Waals surface area (Å²) < 4.78 is 25.5. The number of benzene rings is 2. The van der Waals surface area contributed by atoms with Crippen molar-refractivity contribution in [2.75, 3.05) is 10.6 Å². The Morgan fingerprint density at radius 1 is 1.04 bits per heavy atom. The van der Waals surface area contributed by atoms with Crippen LogP contribution in [0, 0.1) is 0 Å². The van der Waals surface area contributed by atoms with E-state index in [-0.39, 0.29) is 5.91 Å². The molecule has 2 N–H and O–H groups in total. The lowest BCUT2D eigenvalue weighted by Gasteiger charge is -2.15. The SMILES string of the molecule is C[C@H](Nc1ccc(SC(F)F)cc1)C(=O)Nc1ccc(Br)cc1. The van der Waals surface area contributed by atoms with Gasteiger partial charge in [-0.05, 0) is 55.5 Å². The van der Waals surface area contributed by atoms with Crippen molar-refractivity contribution in [1.29, 1.82) is 0 Å². The second-order valence-corrected chi connectivity index (χ2v) is 6.74. The van der Waals surface area contributed by atoms with E-state index in [9.17, 15) is 13.6 Å². The number of hydrogen-bond donors (Lipinski definition) is 2. The molecule has 2 aromatic carbocycles. The van der Waals surface area contributed by atoms with Crippen molar-refractivity contribution in [3.05, 3.63) is 53.0 Å². The summed E-state index contributed by atoms with van der Waals surface area (Å²) in [6.45, 7) is 1.73. The molecule has 0 heterocycles. The molecular weight excluding hydrogens is 386 g/mol. The Kier molecular flexibility index (Phi) is 6.41. The van der Waals surface area contributed by atoms with Gasteiger partial charge in [0.2, 0.25) is 5.91 Å². The summed E-state index contributed by atoms with van der Waals surface area (Å²) in [5.41, 5.74) is 1.40. The number of nitrogens with one attached hydrogen (secondary N) is 2. The fraction of sp³-hybridized carbons (Fsp3) is 0.188. The monoisotopic (exact) mass is 400 g/mol. The molecule has 0 saturated heterocycles. The number of carbonyl (C=O) groups excluding carboxylic acids is 1. The average molecular weight is 401 g/mol. The summed E-state index contributed by atoms with van der Waals surface area (Å²) in [7, 11) is 0. The predicted octanol–water partition coefficient (Wildman–Crippen LogP) is 5.20. The van der Waals surface area contributed by atoms with E-state index in [2.05, 4.69) is 26.6 Å². The van der Waals surface area contributed by atoms with E-state index in [0.29, 0.717) is 28.0 Å². The summed E-state index contributed by atoms with van der Waals surface area (Å²) >= 11 is 3.82. The van der Waals surface area contributed by atoms with Crippen LogP contribution in [0.5, 0.6) is 0 Å². The van der Waals surface area contributed by atoms with E-state index < -0.39 is 11.8 Å². The molecule has 1 atom stereocenters. The Morgan fingerprint density at radius 2 is 1.61 bits per heavy atom. The first-order chi connectivity index (χ1) is 10.9. The standard InChI is InChI=1S/C16H15BrF2N2OS/c1-10(15(22)21-13-4-2-11(17)3-5-13)20-12-6-8-14(9-7-12)23-16(18)19/h2-10,16,20H,1H3,(H,21,22)/t10-/m0/s1. The van der Waals surface area contributed by atoms with Crippen LogP contribution in [0.4, 0.5) is 20.2 Å². The van der Waals surface area contributed by atoms with E-state index in [0.717, 1.165) is 4.47 Å². The van der Waals surface area contributed by atoms with Gasteiger partial charge in [0.1, 0.15) is 6.04 Å². The Hall–Kier alpha value is -1.60. The fourth-order valence-corrected chi connectivity index (χ4v) is 2.60. The van der Waals surface area contributed by atoms with Crippen LogP contribution in [0.2, 0.25) is 0 Å². The lowest BCUT2D eigenvalue weighted by molar-refractivity contribution is -0.116. The van der Waals surface area contributed by atoms with Crippen LogP contribution in [0.3, 0.4) is 0 Å². The van der Waals surface area contributed by atoms with Gasteiger partial charge in [-0.3, -0.25) is 4.79 Å². The highest BCUT2D eigenvalue weighted by molar-refractivity contribution is 9.10. The van der Waals surface area contributed by atoms with Gasteiger partial charge >= 0.3 is 0 Å². The Balaban J connectivity index is 1.91. The lowest BCUT2D eigenvalue weighted by Crippen LogP contribution is -2.31. The zero-order chi connectivity index (χ0) is 16.8. The third kappa shape index (κ3) is 5.84. The highest BCUT2D eigenvalue weighted by Crippen LogP contribution is 2.26. The molecule has 7 heteroatoms. The van der Waals surface area contributed by atoms with Crippen LogP contribution >= 0.6 is 27.7 Å². The van der Waals surface area contributed by atoms with Crippen LogP contribution in [0.1, 0.15) is 6.92 Å². The smallest absolute Gasteiger partial charge is 0.288 e. The second-order valence-electron chi connectivity index (χ2n) is 4.77. The number of anilines is 2. The zero-order valence-electron chi connectivity index (χ0n) is 12.2. The first kappa shape index (κ1) is 17.7. The van der Waals surface area contributed by atoms with Crippen LogP contribution in [0.25, 0.3) is 0 Å². The number of rotatable bonds is 6. The van der Waals surface area contributed by atoms with Crippen LogP contribution < -0.4 is 10.6 Å². The first-order valence-electron chi connectivity index (χ1n) is 6.82. The molecule has 0 bridgehead atoms. The second kappa shape index (κ2) is 8.31. The molecule has 2 aromatic rings. The quantitative estimate of drug-likeness (QED) is 0.654. The molecule has 0 aliphatic heterocycles. The number of carbonyl (C=O) groups is 1. The Morgan fingerprint density at radius 3 is 2.17 bits per heavy atom. The molecule has 122 valence electrons. The van der Waals surface area contributed by atoms with Gasteiger partial charge in [0.15, 0.2) is 0 Å². The molecule has 0 unspecified atom stereocenters. The third-order valence-electron chi connectivity index (χ3n) is 2.97. The minimum Gasteiger partial charge on any atom is -0.374 e. The topological polar surface area (TPSA) is 41.1 Å². The maximum atomic E-state index is 12.3. The summed E-state index contributed by atoms with van der Waals surface area (Å²) in [5.74, 6) is -2.62. The number of amides is 1. The fourth-order valence-electron chi connectivity index (χ4n) is 1.83. The van der Waals surface area contributed by atoms with E-state index in [4.69, 9.17) is 0 Å². The van der Waals surface area contributed by atoms with Crippen molar-refractivity contribution in [1.82, 2.24) is 0 Å². The van der Waals surface area contributed by atoms with Crippen molar-refractivity contribution >= 4 is 45.0 Å². The van der Waals surface area contributed by atoms with Gasteiger partial charge in [-0.1, -0.05) is 27.7 Å². The molecule has 3 nitrogen and oxygen atoms in total. The average Bonchev–Trinajstić information content (AvgIpc) is 2.51. The maximum absolute atomic E-state index is 12.3. The minimum absolute atomic E-state index is 0.182. The molecule has 2 rings (SSSR count). The third-order valence-corrected chi connectivity index (χ3v) is 4.22. The number of thioether (sulfide) groups is 1. The molecule has 0 aromatic heterocycles. The van der Waals surface area contributed by atoms with Gasteiger partial charge in [0.05, 0.1) is 0 Å². The van der Waals surface area contributed by atoms with Gasteiger partial charge < -0.3 is 10.6 Å². The molecule has 0 radical (unpaired) electrons. The van der Waals surface area contributed by atoms with Crippen molar-refractivity contribution in [2.24, 2.45) is 0 Å². The zero-order valence-corrected chi connectivity index (χ0v) is 14.6. The highest BCUT2D eigenvalue weighted by Gasteiger charge is 2.13. The molecular formula is C16H15BrF2N2OS. The lowest BCUT2D eigenvalue weighted by atomic mass is 10.2. The normalized spacial score (nSPS) is 12.0. The number of hydrogen-bond acceptors (Lipinski definition) is 3. The van der Waals surface area contributed by atoms with Crippen LogP contribution in [0.15, 0.2) is 57.9 Å². The molecule has 0 saturated carbocycles. The number of halogens is 3. The maximum Gasteiger partial charge on any atom is 0.288 e. The van der Waals surface area contributed by atoms with Crippen molar-refractivity contribution in [3.63, 3.8) is 0 Å². The molecule has 0 fully saturated rings. The van der Waals surface area contributed by atoms with Crippen molar-refractivity contribution in [3.8, 4) is 0 Å². The van der Waals surface area contributed by atoms with Gasteiger partial charge in [0.25, 0.3) is 5.76 Å². The summed E-state index contributed by atoms with van der Waals surface area (Å²) in [5, 5.41) is 5.84. The molecule has 23 heavy (non-hydrogen) atoms. The number of alkyl halides is 2. The molecule has 0 spiro atoms. The van der Waals surface area contributed by atoms with Gasteiger partial charge in [-0.2, -0.15) is 8.78 Å². The largest absolute Gasteiger partial charge is 0.374 e. The minimum atomic E-state index is -2.44. The van der Waals surface area contributed by atoms with Gasteiger partial charge in [-0.15, -0.1) is 0 Å². The van der Waals surface area contributed by atoms with Crippen molar-refractivity contribution < 1.29 is 13.6 Å². The summed E-state index contributed by atoms with van der Waals surface area (Å²) in [6, 6.07) is 13.3. The van der Waals surface area contributed by atoms with Gasteiger partial charge in [0, 0.05) is 20.7 Å². The van der Waals surface area contributed by atoms with E-state index in [1.165, 1.54) is 0 Å².